The molecule has 1 fully saturated rings. The first-order chi connectivity index (χ1) is 9.35. The van der Waals surface area contributed by atoms with E-state index in [2.05, 4.69) is 0 Å². The van der Waals surface area contributed by atoms with E-state index >= 15 is 0 Å². The van der Waals surface area contributed by atoms with E-state index < -0.39 is 23.2 Å². The van der Waals surface area contributed by atoms with Crippen molar-refractivity contribution in [3.8, 4) is 0 Å². The number of carbonyl (C=O) groups is 2. The Hall–Kier alpha value is -1.66. The molecule has 0 saturated carbocycles. The van der Waals surface area contributed by atoms with Crippen LogP contribution < -0.4 is 5.73 Å². The van der Waals surface area contributed by atoms with Crippen molar-refractivity contribution in [2.75, 3.05) is 13.1 Å². The van der Waals surface area contributed by atoms with E-state index in [-0.39, 0.29) is 23.6 Å². The van der Waals surface area contributed by atoms with Gasteiger partial charge in [0.15, 0.2) is 5.60 Å². The molecule has 0 unspecified atom stereocenters. The third-order valence-corrected chi connectivity index (χ3v) is 3.78. The number of β-amino-alcohol motifs (C(OH)–C–C–N with tert-alkyl or cyclic N) is 1. The summed E-state index contributed by atoms with van der Waals surface area (Å²) in [6.07, 6.45) is 0.626. The fourth-order valence-electron chi connectivity index (χ4n) is 2.25. The Morgan fingerprint density at radius 1 is 1.45 bits per heavy atom. The van der Waals surface area contributed by atoms with E-state index in [1.54, 1.807) is 0 Å². The topological polar surface area (TPSA) is 83.6 Å². The predicted molar refractivity (Wildman–Crippen MR) is 70.7 cm³/mol. The number of primary amides is 1. The summed E-state index contributed by atoms with van der Waals surface area (Å²) in [5.41, 5.74) is 3.40. The summed E-state index contributed by atoms with van der Waals surface area (Å²) in [6, 6.07) is 3.92. The fourth-order valence-corrected chi connectivity index (χ4v) is 2.46. The number of hydrogen-bond donors (Lipinski definition) is 2. The second-order valence-electron chi connectivity index (χ2n) is 4.83. The number of hydrogen-bond acceptors (Lipinski definition) is 3. The molecule has 0 bridgehead atoms. The minimum atomic E-state index is -1.74. The van der Waals surface area contributed by atoms with Gasteiger partial charge in [0.1, 0.15) is 5.82 Å². The number of piperidine rings is 1. The summed E-state index contributed by atoms with van der Waals surface area (Å²) >= 11 is 5.76. The standard InChI is InChI=1S/C13H14ClFN2O3/c14-10-8(3-1-4-9(10)15)11(18)17-6-2-5-13(20,7-17)12(16)19/h1,3-4,20H,2,5-7H2,(H2,16,19)/t13-/m1/s1. The second kappa shape index (κ2) is 5.38. The number of benzene rings is 1. The Morgan fingerprint density at radius 3 is 2.80 bits per heavy atom. The van der Waals surface area contributed by atoms with Gasteiger partial charge in [-0.3, -0.25) is 9.59 Å². The minimum Gasteiger partial charge on any atom is -0.378 e. The van der Waals surface area contributed by atoms with Crippen molar-refractivity contribution in [2.24, 2.45) is 5.73 Å². The number of amides is 2. The van der Waals surface area contributed by atoms with Gasteiger partial charge in [-0.2, -0.15) is 0 Å². The maximum Gasteiger partial charge on any atom is 0.255 e. The fraction of sp³-hybridized carbons (Fsp3) is 0.385. The van der Waals surface area contributed by atoms with E-state index in [1.165, 1.54) is 17.0 Å². The number of aliphatic hydroxyl groups is 1. The van der Waals surface area contributed by atoms with Crippen molar-refractivity contribution in [1.29, 1.82) is 0 Å². The van der Waals surface area contributed by atoms with Crippen LogP contribution in [0.15, 0.2) is 18.2 Å². The summed E-state index contributed by atoms with van der Waals surface area (Å²) in [5.74, 6) is -2.10. The van der Waals surface area contributed by atoms with Gasteiger partial charge in [-0.1, -0.05) is 17.7 Å². The molecule has 3 N–H and O–H groups in total. The normalized spacial score (nSPS) is 22.6. The van der Waals surface area contributed by atoms with E-state index in [1.807, 2.05) is 0 Å². The maximum atomic E-state index is 13.4. The van der Waals surface area contributed by atoms with Crippen LogP contribution in [0.25, 0.3) is 0 Å². The molecule has 1 saturated heterocycles. The molecule has 0 radical (unpaired) electrons. The quantitative estimate of drug-likeness (QED) is 0.852. The number of likely N-dealkylation sites (tertiary alicyclic amines) is 1. The van der Waals surface area contributed by atoms with Crippen LogP contribution in [0.1, 0.15) is 23.2 Å². The Morgan fingerprint density at radius 2 is 2.15 bits per heavy atom. The van der Waals surface area contributed by atoms with Crippen molar-refractivity contribution in [2.45, 2.75) is 18.4 Å². The molecule has 2 amide bonds. The van der Waals surface area contributed by atoms with Gasteiger partial charge >= 0.3 is 0 Å². The van der Waals surface area contributed by atoms with Gasteiger partial charge in [0.25, 0.3) is 11.8 Å². The molecule has 0 spiro atoms. The van der Waals surface area contributed by atoms with Crippen LogP contribution in [0.5, 0.6) is 0 Å². The molecule has 7 heteroatoms. The zero-order valence-corrected chi connectivity index (χ0v) is 11.4. The summed E-state index contributed by atoms with van der Waals surface area (Å²) in [7, 11) is 0. The van der Waals surface area contributed by atoms with Gasteiger partial charge in [-0.25, -0.2) is 4.39 Å². The molecule has 1 aromatic rings. The van der Waals surface area contributed by atoms with Crippen LogP contribution in [0.4, 0.5) is 4.39 Å². The van der Waals surface area contributed by atoms with Crippen molar-refractivity contribution < 1.29 is 19.1 Å². The van der Waals surface area contributed by atoms with Gasteiger partial charge in [0, 0.05) is 6.54 Å². The number of rotatable bonds is 2. The zero-order chi connectivity index (χ0) is 14.9. The van der Waals surface area contributed by atoms with Crippen LogP contribution in [0.3, 0.4) is 0 Å². The Kier molecular flexibility index (Phi) is 3.96. The van der Waals surface area contributed by atoms with Gasteiger partial charge in [0.2, 0.25) is 0 Å². The van der Waals surface area contributed by atoms with E-state index in [0.29, 0.717) is 13.0 Å². The first-order valence-electron chi connectivity index (χ1n) is 6.11. The van der Waals surface area contributed by atoms with Gasteiger partial charge in [-0.05, 0) is 25.0 Å². The number of nitrogens with two attached hydrogens (primary N) is 1. The van der Waals surface area contributed by atoms with Crippen molar-refractivity contribution in [3.05, 3.63) is 34.6 Å². The Bertz CT molecular complexity index is 567. The smallest absolute Gasteiger partial charge is 0.255 e. The molecule has 0 aromatic heterocycles. The summed E-state index contributed by atoms with van der Waals surface area (Å²) in [4.78, 5) is 24.8. The summed E-state index contributed by atoms with van der Waals surface area (Å²) in [5, 5.41) is 9.79. The highest BCUT2D eigenvalue weighted by Gasteiger charge is 2.40. The lowest BCUT2D eigenvalue weighted by Crippen LogP contribution is -2.57. The Labute approximate surface area is 120 Å². The SMILES string of the molecule is NC(=O)[C@@]1(O)CCCN(C(=O)c2cccc(F)c2Cl)C1. The van der Waals surface area contributed by atoms with E-state index in [4.69, 9.17) is 17.3 Å². The zero-order valence-electron chi connectivity index (χ0n) is 10.6. The Balaban J connectivity index is 2.25. The molecule has 1 aromatic carbocycles. The number of carbonyl (C=O) groups excluding carboxylic acids is 2. The highest BCUT2D eigenvalue weighted by molar-refractivity contribution is 6.34. The second-order valence-corrected chi connectivity index (χ2v) is 5.21. The average molecular weight is 301 g/mol. The first-order valence-corrected chi connectivity index (χ1v) is 6.48. The van der Waals surface area contributed by atoms with Crippen molar-refractivity contribution in [3.63, 3.8) is 0 Å². The van der Waals surface area contributed by atoms with Gasteiger partial charge in [0.05, 0.1) is 17.1 Å². The molecule has 108 valence electrons. The van der Waals surface area contributed by atoms with Crippen molar-refractivity contribution in [1.82, 2.24) is 4.90 Å². The van der Waals surface area contributed by atoms with E-state index in [9.17, 15) is 19.1 Å². The highest BCUT2D eigenvalue weighted by atomic mass is 35.5. The molecular formula is C13H14ClFN2O3. The molecule has 1 aliphatic heterocycles. The average Bonchev–Trinajstić information content (AvgIpc) is 2.41. The molecule has 1 heterocycles. The highest BCUT2D eigenvalue weighted by Crippen LogP contribution is 2.26. The van der Waals surface area contributed by atoms with Crippen molar-refractivity contribution >= 4 is 23.4 Å². The molecule has 0 aliphatic carbocycles. The molecule has 1 aliphatic rings. The third-order valence-electron chi connectivity index (χ3n) is 3.40. The van der Waals surface area contributed by atoms with Crippen LogP contribution >= 0.6 is 11.6 Å². The number of nitrogens with zero attached hydrogens (tertiary/aromatic N) is 1. The lowest BCUT2D eigenvalue weighted by molar-refractivity contribution is -0.140. The molecule has 5 nitrogen and oxygen atoms in total. The van der Waals surface area contributed by atoms with Crippen LogP contribution in [-0.4, -0.2) is 40.5 Å². The number of halogens is 2. The van der Waals surface area contributed by atoms with Crippen LogP contribution in [0, 0.1) is 5.82 Å². The molecule has 1 atom stereocenters. The van der Waals surface area contributed by atoms with Gasteiger partial charge in [-0.15, -0.1) is 0 Å². The van der Waals surface area contributed by atoms with Gasteiger partial charge < -0.3 is 15.7 Å². The lowest BCUT2D eigenvalue weighted by atomic mass is 9.92. The molecule has 20 heavy (non-hydrogen) atoms. The first kappa shape index (κ1) is 14.7. The third kappa shape index (κ3) is 2.62. The predicted octanol–water partition coefficient (Wildman–Crippen LogP) is 0.931. The lowest BCUT2D eigenvalue weighted by Gasteiger charge is -2.37. The largest absolute Gasteiger partial charge is 0.378 e. The minimum absolute atomic E-state index is 0.000358. The van der Waals surface area contributed by atoms with Crippen LogP contribution in [-0.2, 0) is 4.79 Å². The molecule has 2 rings (SSSR count). The summed E-state index contributed by atoms with van der Waals surface area (Å²) in [6.45, 7) is 0.134. The maximum absolute atomic E-state index is 13.4. The monoisotopic (exact) mass is 300 g/mol. The van der Waals surface area contributed by atoms with E-state index in [0.717, 1.165) is 6.07 Å². The molecular weight excluding hydrogens is 287 g/mol. The van der Waals surface area contributed by atoms with Crippen LogP contribution in [0.2, 0.25) is 5.02 Å². The summed E-state index contributed by atoms with van der Waals surface area (Å²) < 4.78 is 13.4.